The van der Waals surface area contributed by atoms with Crippen LogP contribution in [0, 0.1) is 0 Å². The third-order valence-electron chi connectivity index (χ3n) is 2.60. The van der Waals surface area contributed by atoms with Crippen molar-refractivity contribution in [2.45, 2.75) is 53.4 Å². The summed E-state index contributed by atoms with van der Waals surface area (Å²) in [7, 11) is 3.02. The van der Waals surface area contributed by atoms with Gasteiger partial charge in [-0.2, -0.15) is 0 Å². The summed E-state index contributed by atoms with van der Waals surface area (Å²) in [5.74, 6) is -0.241. The number of carbonyl (C=O) groups excluding carboxylic acids is 4. The number of carbonyl (C=O) groups is 4. The predicted molar refractivity (Wildman–Crippen MR) is 76.7 cm³/mol. The van der Waals surface area contributed by atoms with Crippen LogP contribution in [0.2, 0.25) is 0 Å². The van der Waals surface area contributed by atoms with E-state index in [0.717, 1.165) is 0 Å². The highest BCUT2D eigenvalue weighted by atomic mass is 16.2. The Labute approximate surface area is 121 Å². The first-order chi connectivity index (χ1) is 9.43. The van der Waals surface area contributed by atoms with Gasteiger partial charge in [0.2, 0.25) is 23.6 Å². The lowest BCUT2D eigenvalue weighted by molar-refractivity contribution is -0.138. The molecule has 2 aliphatic heterocycles. The van der Waals surface area contributed by atoms with Crippen molar-refractivity contribution in [3.05, 3.63) is 0 Å². The van der Waals surface area contributed by atoms with Crippen LogP contribution in [0.25, 0.3) is 0 Å². The molecule has 0 aromatic carbocycles. The Hall–Kier alpha value is -1.72. The van der Waals surface area contributed by atoms with Crippen molar-refractivity contribution in [2.75, 3.05) is 14.1 Å². The molecule has 0 radical (unpaired) electrons. The third-order valence-corrected chi connectivity index (χ3v) is 2.60. The summed E-state index contributed by atoms with van der Waals surface area (Å²) in [5.41, 5.74) is 0. The minimum Gasteiger partial charge on any atom is -0.286 e. The Kier molecular flexibility index (Phi) is 11.5. The van der Waals surface area contributed by atoms with Gasteiger partial charge in [-0.1, -0.05) is 27.7 Å². The summed E-state index contributed by atoms with van der Waals surface area (Å²) in [5, 5.41) is 0. The molecule has 0 aliphatic carbocycles. The molecule has 2 rings (SSSR count). The van der Waals surface area contributed by atoms with Gasteiger partial charge in [-0.3, -0.25) is 29.0 Å². The zero-order chi connectivity index (χ0) is 16.3. The van der Waals surface area contributed by atoms with Gasteiger partial charge in [-0.05, 0) is 0 Å². The lowest BCUT2D eigenvalue weighted by atomic mass is 10.4. The van der Waals surface area contributed by atoms with Crippen LogP contribution in [0.1, 0.15) is 53.4 Å². The van der Waals surface area contributed by atoms with Crippen molar-refractivity contribution in [3.8, 4) is 0 Å². The fourth-order valence-electron chi connectivity index (χ4n) is 1.38. The predicted octanol–water partition coefficient (Wildman–Crippen LogP) is 1.58. The second-order valence-electron chi connectivity index (χ2n) is 3.69. The second-order valence-corrected chi connectivity index (χ2v) is 3.69. The van der Waals surface area contributed by atoms with E-state index >= 15 is 0 Å². The molecule has 0 atom stereocenters. The maximum atomic E-state index is 10.5. The van der Waals surface area contributed by atoms with Crippen molar-refractivity contribution >= 4 is 23.6 Å². The summed E-state index contributed by atoms with van der Waals surface area (Å²) < 4.78 is 0. The van der Waals surface area contributed by atoms with E-state index in [1.807, 2.05) is 27.7 Å². The quantitative estimate of drug-likeness (QED) is 0.634. The number of nitrogens with zero attached hydrogens (tertiary/aromatic N) is 2. The number of imide groups is 2. The Balaban J connectivity index is 0. The third kappa shape index (κ3) is 6.45. The minimum absolute atomic E-state index is 0.0602. The molecule has 2 aliphatic rings. The van der Waals surface area contributed by atoms with Crippen LogP contribution in [0.3, 0.4) is 0 Å². The molecule has 116 valence electrons. The Bertz CT molecular complexity index is 287. The zero-order valence-corrected chi connectivity index (χ0v) is 13.4. The summed E-state index contributed by atoms with van der Waals surface area (Å²) in [4.78, 5) is 44.3. The highest BCUT2D eigenvalue weighted by molar-refractivity contribution is 6.02. The van der Waals surface area contributed by atoms with Crippen molar-refractivity contribution in [2.24, 2.45) is 0 Å². The van der Waals surface area contributed by atoms with Crippen LogP contribution >= 0.6 is 0 Å². The van der Waals surface area contributed by atoms with E-state index in [0.29, 0.717) is 25.7 Å². The second kappa shape index (κ2) is 11.1. The summed E-state index contributed by atoms with van der Waals surface area (Å²) >= 11 is 0. The molecule has 0 spiro atoms. The maximum Gasteiger partial charge on any atom is 0.229 e. The fraction of sp³-hybridized carbons (Fsp3) is 0.714. The van der Waals surface area contributed by atoms with Crippen LogP contribution < -0.4 is 0 Å². The van der Waals surface area contributed by atoms with Crippen molar-refractivity contribution in [1.29, 1.82) is 0 Å². The molecule has 0 aromatic rings. The molecule has 0 saturated carbocycles. The van der Waals surface area contributed by atoms with Crippen molar-refractivity contribution in [1.82, 2.24) is 9.80 Å². The lowest BCUT2D eigenvalue weighted by Crippen LogP contribution is -2.23. The van der Waals surface area contributed by atoms with Gasteiger partial charge in [0.1, 0.15) is 0 Å². The van der Waals surface area contributed by atoms with Gasteiger partial charge < -0.3 is 0 Å². The molecule has 0 aromatic heterocycles. The first-order valence-corrected chi connectivity index (χ1v) is 7.02. The zero-order valence-electron chi connectivity index (χ0n) is 13.4. The van der Waals surface area contributed by atoms with E-state index in [-0.39, 0.29) is 23.6 Å². The Morgan fingerprint density at radius 2 is 0.700 bits per heavy atom. The summed E-state index contributed by atoms with van der Waals surface area (Å²) in [6, 6.07) is 0. The average molecular weight is 286 g/mol. The number of amides is 4. The maximum absolute atomic E-state index is 10.5. The average Bonchev–Trinajstić information content (AvgIpc) is 2.94. The van der Waals surface area contributed by atoms with Crippen LogP contribution in [-0.4, -0.2) is 47.5 Å². The highest BCUT2D eigenvalue weighted by Gasteiger charge is 2.24. The first kappa shape index (κ1) is 20.6. The molecular formula is C14H26N2O4. The van der Waals surface area contributed by atoms with Crippen LogP contribution in [0.15, 0.2) is 0 Å². The van der Waals surface area contributed by atoms with E-state index in [1.54, 1.807) is 0 Å². The standard InChI is InChI=1S/2C5H7NO2.2C2H6/c2*1-6-4(7)2-3-5(6)8;2*1-2/h2*2-3H2,1H3;2*1-2H3. The Morgan fingerprint density at radius 1 is 0.550 bits per heavy atom. The van der Waals surface area contributed by atoms with Crippen LogP contribution in [0.5, 0.6) is 0 Å². The largest absolute Gasteiger partial charge is 0.286 e. The highest BCUT2D eigenvalue weighted by Crippen LogP contribution is 2.07. The van der Waals surface area contributed by atoms with E-state index in [1.165, 1.54) is 23.9 Å². The van der Waals surface area contributed by atoms with Crippen LogP contribution in [0.4, 0.5) is 0 Å². The van der Waals surface area contributed by atoms with E-state index in [4.69, 9.17) is 0 Å². The van der Waals surface area contributed by atoms with Crippen molar-refractivity contribution < 1.29 is 19.2 Å². The molecule has 6 nitrogen and oxygen atoms in total. The molecule has 20 heavy (non-hydrogen) atoms. The smallest absolute Gasteiger partial charge is 0.229 e. The molecule has 0 unspecified atom stereocenters. The molecule has 2 heterocycles. The number of rotatable bonds is 0. The number of hydrogen-bond donors (Lipinski definition) is 0. The molecule has 0 bridgehead atoms. The molecule has 0 N–H and O–H groups in total. The van der Waals surface area contributed by atoms with E-state index in [2.05, 4.69) is 0 Å². The molecule has 2 saturated heterocycles. The number of likely N-dealkylation sites (tertiary alicyclic amines) is 2. The van der Waals surface area contributed by atoms with Gasteiger partial charge in [0, 0.05) is 39.8 Å². The van der Waals surface area contributed by atoms with E-state index in [9.17, 15) is 19.2 Å². The Morgan fingerprint density at radius 3 is 0.750 bits per heavy atom. The van der Waals surface area contributed by atoms with Gasteiger partial charge in [-0.15, -0.1) is 0 Å². The van der Waals surface area contributed by atoms with Gasteiger partial charge in [0.25, 0.3) is 0 Å². The van der Waals surface area contributed by atoms with E-state index < -0.39 is 0 Å². The monoisotopic (exact) mass is 286 g/mol. The summed E-state index contributed by atoms with van der Waals surface area (Å²) in [6.45, 7) is 8.00. The minimum atomic E-state index is -0.0602. The lowest BCUT2D eigenvalue weighted by Gasteiger charge is -2.01. The fourth-order valence-corrected chi connectivity index (χ4v) is 1.38. The van der Waals surface area contributed by atoms with Gasteiger partial charge in [-0.25, -0.2) is 0 Å². The normalized spacial score (nSPS) is 16.9. The topological polar surface area (TPSA) is 74.8 Å². The van der Waals surface area contributed by atoms with Gasteiger partial charge in [0.05, 0.1) is 0 Å². The summed E-state index contributed by atoms with van der Waals surface area (Å²) in [6.07, 6.45) is 1.59. The van der Waals surface area contributed by atoms with Crippen LogP contribution in [-0.2, 0) is 19.2 Å². The number of hydrogen-bond acceptors (Lipinski definition) is 4. The molecule has 2 fully saturated rings. The molecule has 4 amide bonds. The van der Waals surface area contributed by atoms with Gasteiger partial charge >= 0.3 is 0 Å². The SMILES string of the molecule is CC.CC.CN1C(=O)CCC1=O.CN1C(=O)CCC1=O. The van der Waals surface area contributed by atoms with Crippen molar-refractivity contribution in [3.63, 3.8) is 0 Å². The molecular weight excluding hydrogens is 260 g/mol. The van der Waals surface area contributed by atoms with Gasteiger partial charge in [0.15, 0.2) is 0 Å². The molecule has 6 heteroatoms. The first-order valence-electron chi connectivity index (χ1n) is 7.02.